The normalized spacial score (nSPS) is 17.0. The lowest BCUT2D eigenvalue weighted by Gasteiger charge is -2.30. The van der Waals surface area contributed by atoms with Crippen LogP contribution in [0.15, 0.2) is 12.3 Å². The molecule has 4 heteroatoms. The number of hydrogen-bond acceptors (Lipinski definition) is 3. The minimum Gasteiger partial charge on any atom is -0.378 e. The number of morpholine rings is 1. The van der Waals surface area contributed by atoms with E-state index < -0.39 is 0 Å². The number of anilines is 1. The summed E-state index contributed by atoms with van der Waals surface area (Å²) in [5.41, 5.74) is 1.11. The average Bonchev–Trinajstić information content (AvgIpc) is 2.28. The van der Waals surface area contributed by atoms with E-state index in [-0.39, 0.29) is 11.2 Å². The first-order chi connectivity index (χ1) is 8.46. The van der Waals surface area contributed by atoms with Gasteiger partial charge in [0, 0.05) is 13.1 Å². The van der Waals surface area contributed by atoms with Gasteiger partial charge in [0.2, 0.25) is 0 Å². The van der Waals surface area contributed by atoms with Crippen molar-refractivity contribution in [3.05, 3.63) is 23.6 Å². The standard InChI is InChI=1S/C14H21FN2O/c1-14(2,3)9-11-8-12(15)10-16-13(11)17-4-6-18-7-5-17/h8,10H,4-7,9H2,1-3H3. The van der Waals surface area contributed by atoms with E-state index in [2.05, 4.69) is 30.7 Å². The van der Waals surface area contributed by atoms with Crippen LogP contribution in [0.4, 0.5) is 10.2 Å². The number of nitrogens with zero attached hydrogens (tertiary/aromatic N) is 2. The van der Waals surface area contributed by atoms with Gasteiger partial charge < -0.3 is 9.64 Å². The Balaban J connectivity index is 2.27. The maximum Gasteiger partial charge on any atom is 0.141 e. The van der Waals surface area contributed by atoms with Crippen molar-refractivity contribution in [1.82, 2.24) is 4.98 Å². The molecule has 0 spiro atoms. The van der Waals surface area contributed by atoms with Crippen molar-refractivity contribution in [2.75, 3.05) is 31.2 Å². The van der Waals surface area contributed by atoms with Crippen LogP contribution in [0.5, 0.6) is 0 Å². The third-order valence-corrected chi connectivity index (χ3v) is 2.94. The van der Waals surface area contributed by atoms with Gasteiger partial charge in [-0.05, 0) is 23.5 Å². The molecule has 2 rings (SSSR count). The molecule has 1 aliphatic heterocycles. The molecule has 0 radical (unpaired) electrons. The maximum absolute atomic E-state index is 13.4. The second-order valence-corrected chi connectivity index (χ2v) is 5.97. The first-order valence-corrected chi connectivity index (χ1v) is 6.43. The molecule has 18 heavy (non-hydrogen) atoms. The highest BCUT2D eigenvalue weighted by Gasteiger charge is 2.20. The van der Waals surface area contributed by atoms with Crippen LogP contribution in [0.2, 0.25) is 0 Å². The highest BCUT2D eigenvalue weighted by Crippen LogP contribution is 2.27. The van der Waals surface area contributed by atoms with Crippen molar-refractivity contribution in [1.29, 1.82) is 0 Å². The summed E-state index contributed by atoms with van der Waals surface area (Å²) in [6, 6.07) is 1.61. The van der Waals surface area contributed by atoms with Gasteiger partial charge in [0.05, 0.1) is 19.4 Å². The SMILES string of the molecule is CC(C)(C)Cc1cc(F)cnc1N1CCOCC1. The number of ether oxygens (including phenoxy) is 1. The minimum atomic E-state index is -0.258. The molecule has 0 N–H and O–H groups in total. The summed E-state index contributed by atoms with van der Waals surface area (Å²) in [6.45, 7) is 9.55. The van der Waals surface area contributed by atoms with Crippen LogP contribution in [0.3, 0.4) is 0 Å². The molecule has 1 aromatic rings. The van der Waals surface area contributed by atoms with E-state index in [0.717, 1.165) is 30.9 Å². The van der Waals surface area contributed by atoms with Crippen molar-refractivity contribution in [2.45, 2.75) is 27.2 Å². The average molecular weight is 252 g/mol. The number of aromatic nitrogens is 1. The van der Waals surface area contributed by atoms with Gasteiger partial charge in [-0.1, -0.05) is 20.8 Å². The maximum atomic E-state index is 13.4. The molecule has 0 bridgehead atoms. The summed E-state index contributed by atoms with van der Waals surface area (Å²) >= 11 is 0. The van der Waals surface area contributed by atoms with Gasteiger partial charge in [0.15, 0.2) is 0 Å². The van der Waals surface area contributed by atoms with E-state index in [4.69, 9.17) is 4.74 Å². The van der Waals surface area contributed by atoms with E-state index >= 15 is 0 Å². The smallest absolute Gasteiger partial charge is 0.141 e. The lowest BCUT2D eigenvalue weighted by Crippen LogP contribution is -2.37. The predicted molar refractivity (Wildman–Crippen MR) is 70.4 cm³/mol. The molecule has 0 aromatic carbocycles. The van der Waals surface area contributed by atoms with Gasteiger partial charge in [0.1, 0.15) is 11.6 Å². The first-order valence-electron chi connectivity index (χ1n) is 6.43. The first kappa shape index (κ1) is 13.3. The molecule has 1 aliphatic rings. The summed E-state index contributed by atoms with van der Waals surface area (Å²) in [7, 11) is 0. The van der Waals surface area contributed by atoms with Gasteiger partial charge in [-0.15, -0.1) is 0 Å². The Morgan fingerprint density at radius 3 is 2.61 bits per heavy atom. The van der Waals surface area contributed by atoms with E-state index in [1.807, 2.05) is 0 Å². The number of halogens is 1. The molecule has 1 saturated heterocycles. The van der Waals surface area contributed by atoms with Crippen molar-refractivity contribution >= 4 is 5.82 Å². The Morgan fingerprint density at radius 2 is 2.00 bits per heavy atom. The second-order valence-electron chi connectivity index (χ2n) is 5.97. The lowest BCUT2D eigenvalue weighted by atomic mass is 9.88. The van der Waals surface area contributed by atoms with Crippen LogP contribution < -0.4 is 4.90 Å². The molecule has 3 nitrogen and oxygen atoms in total. The minimum absolute atomic E-state index is 0.122. The van der Waals surface area contributed by atoms with Gasteiger partial charge in [-0.2, -0.15) is 0 Å². The van der Waals surface area contributed by atoms with Gasteiger partial charge in [0.25, 0.3) is 0 Å². The molecule has 0 amide bonds. The number of rotatable bonds is 2. The molecule has 100 valence electrons. The molecule has 0 aliphatic carbocycles. The zero-order chi connectivity index (χ0) is 13.2. The molecule has 0 unspecified atom stereocenters. The van der Waals surface area contributed by atoms with Crippen LogP contribution in [-0.2, 0) is 11.2 Å². The second kappa shape index (κ2) is 5.22. The molecule has 0 saturated carbocycles. The zero-order valence-electron chi connectivity index (χ0n) is 11.4. The Bertz CT molecular complexity index is 409. The lowest BCUT2D eigenvalue weighted by molar-refractivity contribution is 0.122. The Labute approximate surface area is 108 Å². The van der Waals surface area contributed by atoms with E-state index in [0.29, 0.717) is 13.2 Å². The van der Waals surface area contributed by atoms with Crippen LogP contribution in [0.25, 0.3) is 0 Å². The largest absolute Gasteiger partial charge is 0.378 e. The summed E-state index contributed by atoms with van der Waals surface area (Å²) in [5, 5.41) is 0. The van der Waals surface area contributed by atoms with Crippen LogP contribution in [-0.4, -0.2) is 31.3 Å². The third-order valence-electron chi connectivity index (χ3n) is 2.94. The Hall–Kier alpha value is -1.16. The summed E-state index contributed by atoms with van der Waals surface area (Å²) < 4.78 is 18.7. The van der Waals surface area contributed by atoms with Crippen molar-refractivity contribution in [3.8, 4) is 0 Å². The van der Waals surface area contributed by atoms with Gasteiger partial charge in [-0.25, -0.2) is 9.37 Å². The van der Waals surface area contributed by atoms with Crippen molar-refractivity contribution < 1.29 is 9.13 Å². The molecule has 1 fully saturated rings. The van der Waals surface area contributed by atoms with E-state index in [9.17, 15) is 4.39 Å². The summed E-state index contributed by atoms with van der Waals surface area (Å²) in [5.74, 6) is 0.654. The highest BCUT2D eigenvalue weighted by molar-refractivity contribution is 5.47. The fourth-order valence-electron chi connectivity index (χ4n) is 2.24. The fraction of sp³-hybridized carbons (Fsp3) is 0.643. The fourth-order valence-corrected chi connectivity index (χ4v) is 2.24. The van der Waals surface area contributed by atoms with Gasteiger partial charge >= 0.3 is 0 Å². The van der Waals surface area contributed by atoms with Crippen LogP contribution in [0, 0.1) is 11.2 Å². The van der Waals surface area contributed by atoms with E-state index in [1.54, 1.807) is 6.07 Å². The third kappa shape index (κ3) is 3.42. The zero-order valence-corrected chi connectivity index (χ0v) is 11.4. The van der Waals surface area contributed by atoms with Crippen LogP contribution >= 0.6 is 0 Å². The van der Waals surface area contributed by atoms with Crippen LogP contribution in [0.1, 0.15) is 26.3 Å². The molecular weight excluding hydrogens is 231 g/mol. The highest BCUT2D eigenvalue weighted by atomic mass is 19.1. The topological polar surface area (TPSA) is 25.4 Å². The van der Waals surface area contributed by atoms with Crippen molar-refractivity contribution in [3.63, 3.8) is 0 Å². The quantitative estimate of drug-likeness (QED) is 0.809. The Morgan fingerprint density at radius 1 is 1.33 bits per heavy atom. The molecule has 1 aromatic heterocycles. The molecular formula is C14H21FN2O. The monoisotopic (exact) mass is 252 g/mol. The summed E-state index contributed by atoms with van der Waals surface area (Å²) in [6.07, 6.45) is 2.13. The summed E-state index contributed by atoms with van der Waals surface area (Å²) in [4.78, 5) is 6.47. The van der Waals surface area contributed by atoms with Crippen molar-refractivity contribution in [2.24, 2.45) is 5.41 Å². The number of hydrogen-bond donors (Lipinski definition) is 0. The van der Waals surface area contributed by atoms with Gasteiger partial charge in [-0.3, -0.25) is 0 Å². The molecule has 0 atom stereocenters. The molecule has 2 heterocycles. The Kier molecular flexibility index (Phi) is 3.85. The number of pyridine rings is 1. The predicted octanol–water partition coefficient (Wildman–Crippen LogP) is 2.65. The van der Waals surface area contributed by atoms with E-state index in [1.165, 1.54) is 6.20 Å².